The Labute approximate surface area is 141 Å². The molecule has 0 bridgehead atoms. The summed E-state index contributed by atoms with van der Waals surface area (Å²) in [5.41, 5.74) is 1.75. The van der Waals surface area contributed by atoms with Crippen LogP contribution in [0.2, 0.25) is 0 Å². The average Bonchev–Trinajstić information content (AvgIpc) is 2.87. The Hall–Kier alpha value is -1.40. The Morgan fingerprint density at radius 3 is 3.05 bits per heavy atom. The van der Waals surface area contributed by atoms with Gasteiger partial charge in [-0.3, -0.25) is 14.6 Å². The third kappa shape index (κ3) is 3.03. The first-order valence-electron chi connectivity index (χ1n) is 7.03. The number of fused-ring (bicyclic) bond motifs is 1. The summed E-state index contributed by atoms with van der Waals surface area (Å²) in [7, 11) is 0. The normalized spacial score (nSPS) is 18.2. The first-order chi connectivity index (χ1) is 10.6. The Kier molecular flexibility index (Phi) is 4.49. The lowest BCUT2D eigenvalue weighted by atomic mass is 10.1. The van der Waals surface area contributed by atoms with E-state index in [0.29, 0.717) is 18.7 Å². The number of pyridine rings is 1. The number of halogens is 1. The van der Waals surface area contributed by atoms with Gasteiger partial charge in [0.2, 0.25) is 5.91 Å². The van der Waals surface area contributed by atoms with Crippen molar-refractivity contribution in [1.82, 2.24) is 4.98 Å². The molecule has 1 aromatic carbocycles. The second-order valence-electron chi connectivity index (χ2n) is 5.34. The Balaban J connectivity index is 1.90. The average molecular weight is 379 g/mol. The fourth-order valence-corrected chi connectivity index (χ4v) is 3.86. The lowest BCUT2D eigenvalue weighted by molar-refractivity contribution is -0.117. The Bertz CT molecular complexity index is 750. The molecule has 1 aliphatic rings. The van der Waals surface area contributed by atoms with Crippen molar-refractivity contribution in [2.75, 3.05) is 17.2 Å². The topological polar surface area (TPSA) is 50.3 Å². The maximum atomic E-state index is 12.4. The van der Waals surface area contributed by atoms with E-state index in [4.69, 9.17) is 0 Å². The van der Waals surface area contributed by atoms with E-state index in [1.165, 1.54) is 11.8 Å². The van der Waals surface area contributed by atoms with E-state index in [-0.39, 0.29) is 16.9 Å². The molecule has 0 N–H and O–H groups in total. The van der Waals surface area contributed by atoms with Gasteiger partial charge in [0.05, 0.1) is 11.2 Å². The second-order valence-corrected chi connectivity index (χ2v) is 7.39. The number of carbonyl (C=O) groups is 2. The molecule has 0 spiro atoms. The van der Waals surface area contributed by atoms with E-state index >= 15 is 0 Å². The van der Waals surface area contributed by atoms with Crippen molar-refractivity contribution in [3.63, 3.8) is 0 Å². The van der Waals surface area contributed by atoms with Gasteiger partial charge >= 0.3 is 0 Å². The molecule has 1 aliphatic heterocycles. The van der Waals surface area contributed by atoms with E-state index in [0.717, 1.165) is 21.1 Å². The molecule has 6 heteroatoms. The van der Waals surface area contributed by atoms with Crippen LogP contribution >= 0.6 is 27.7 Å². The summed E-state index contributed by atoms with van der Waals surface area (Å²) in [5.74, 6) is 1.03. The van der Waals surface area contributed by atoms with Gasteiger partial charge in [-0.05, 0) is 46.1 Å². The molecule has 0 radical (unpaired) electrons. The largest absolute Gasteiger partial charge is 0.311 e. The Morgan fingerprint density at radius 1 is 1.45 bits per heavy atom. The fraction of sp³-hybridized carbons (Fsp3) is 0.312. The standard InChI is InChI=1S/C16H15BrN2O2S/c1-10(20)22-9-11-7-15(21)19(8-11)14-5-4-13(17)16-12(14)3-2-6-18-16/h2-6,11H,7-9H2,1H3. The number of anilines is 1. The SMILES string of the molecule is CC(=O)SCC1CC(=O)N(c2ccc(Br)c3ncccc23)C1. The molecule has 0 aliphatic carbocycles. The minimum Gasteiger partial charge on any atom is -0.311 e. The summed E-state index contributed by atoms with van der Waals surface area (Å²) in [6.45, 7) is 2.22. The molecular weight excluding hydrogens is 364 g/mol. The smallest absolute Gasteiger partial charge is 0.227 e. The molecule has 1 atom stereocenters. The number of amides is 1. The number of hydrogen-bond acceptors (Lipinski definition) is 4. The van der Waals surface area contributed by atoms with Gasteiger partial charge in [-0.25, -0.2) is 0 Å². The van der Waals surface area contributed by atoms with Crippen molar-refractivity contribution in [2.45, 2.75) is 13.3 Å². The molecule has 2 heterocycles. The number of nitrogens with zero attached hydrogens (tertiary/aromatic N) is 2. The summed E-state index contributed by atoms with van der Waals surface area (Å²) in [4.78, 5) is 29.7. The van der Waals surface area contributed by atoms with Crippen LogP contribution in [0, 0.1) is 5.92 Å². The second kappa shape index (κ2) is 6.38. The minimum absolute atomic E-state index is 0.101. The molecular formula is C16H15BrN2O2S. The zero-order chi connectivity index (χ0) is 15.7. The summed E-state index contributed by atoms with van der Waals surface area (Å²) in [6, 6.07) is 7.73. The molecule has 1 unspecified atom stereocenters. The molecule has 1 amide bonds. The van der Waals surface area contributed by atoms with Crippen molar-refractivity contribution >= 4 is 55.3 Å². The quantitative estimate of drug-likeness (QED) is 0.817. The van der Waals surface area contributed by atoms with Crippen molar-refractivity contribution in [1.29, 1.82) is 0 Å². The van der Waals surface area contributed by atoms with Gasteiger partial charge in [-0.2, -0.15) is 0 Å². The number of thioether (sulfide) groups is 1. The number of rotatable bonds is 3. The monoisotopic (exact) mass is 378 g/mol. The molecule has 22 heavy (non-hydrogen) atoms. The maximum absolute atomic E-state index is 12.4. The molecule has 1 saturated heterocycles. The molecule has 2 aromatic rings. The van der Waals surface area contributed by atoms with Crippen molar-refractivity contribution in [2.24, 2.45) is 5.92 Å². The van der Waals surface area contributed by atoms with Gasteiger partial charge in [0.1, 0.15) is 0 Å². The van der Waals surface area contributed by atoms with Crippen LogP contribution in [0.5, 0.6) is 0 Å². The van der Waals surface area contributed by atoms with Gasteiger partial charge in [0, 0.05) is 41.7 Å². The third-order valence-corrected chi connectivity index (χ3v) is 5.40. The highest BCUT2D eigenvalue weighted by Gasteiger charge is 2.31. The molecule has 0 saturated carbocycles. The molecule has 114 valence electrons. The van der Waals surface area contributed by atoms with Crippen LogP contribution in [0.25, 0.3) is 10.9 Å². The van der Waals surface area contributed by atoms with Gasteiger partial charge in [-0.15, -0.1) is 0 Å². The highest BCUT2D eigenvalue weighted by atomic mass is 79.9. The first-order valence-corrected chi connectivity index (χ1v) is 8.81. The maximum Gasteiger partial charge on any atom is 0.227 e. The Morgan fingerprint density at radius 2 is 2.27 bits per heavy atom. The lowest BCUT2D eigenvalue weighted by Crippen LogP contribution is -2.25. The fourth-order valence-electron chi connectivity index (χ4n) is 2.72. The van der Waals surface area contributed by atoms with E-state index in [1.807, 2.05) is 29.2 Å². The molecule has 1 aromatic heterocycles. The van der Waals surface area contributed by atoms with Gasteiger partial charge in [0.25, 0.3) is 0 Å². The van der Waals surface area contributed by atoms with Crippen LogP contribution in [0.4, 0.5) is 5.69 Å². The van der Waals surface area contributed by atoms with Crippen LogP contribution < -0.4 is 4.90 Å². The molecule has 1 fully saturated rings. The number of aromatic nitrogens is 1. The summed E-state index contributed by atoms with van der Waals surface area (Å²) in [6.07, 6.45) is 2.24. The van der Waals surface area contributed by atoms with Crippen LogP contribution in [0.3, 0.4) is 0 Å². The third-order valence-electron chi connectivity index (χ3n) is 3.72. The van der Waals surface area contributed by atoms with Crippen LogP contribution in [-0.2, 0) is 9.59 Å². The summed E-state index contributed by atoms with van der Waals surface area (Å²) in [5, 5.41) is 1.06. The van der Waals surface area contributed by atoms with E-state index in [1.54, 1.807) is 13.1 Å². The van der Waals surface area contributed by atoms with Gasteiger partial charge < -0.3 is 4.90 Å². The number of carbonyl (C=O) groups excluding carboxylic acids is 2. The molecule has 4 nitrogen and oxygen atoms in total. The van der Waals surface area contributed by atoms with Crippen LogP contribution in [-0.4, -0.2) is 28.3 Å². The summed E-state index contributed by atoms with van der Waals surface area (Å²) >= 11 is 4.80. The highest BCUT2D eigenvalue weighted by Crippen LogP contribution is 2.34. The van der Waals surface area contributed by atoms with Gasteiger partial charge in [0.15, 0.2) is 5.12 Å². The van der Waals surface area contributed by atoms with Crippen molar-refractivity contribution < 1.29 is 9.59 Å². The molecule has 3 rings (SSSR count). The van der Waals surface area contributed by atoms with Crippen LogP contribution in [0.1, 0.15) is 13.3 Å². The van der Waals surface area contributed by atoms with E-state index in [2.05, 4.69) is 20.9 Å². The van der Waals surface area contributed by atoms with Crippen molar-refractivity contribution in [3.8, 4) is 0 Å². The summed E-state index contributed by atoms with van der Waals surface area (Å²) < 4.78 is 0.919. The first kappa shape index (κ1) is 15.5. The number of hydrogen-bond donors (Lipinski definition) is 0. The number of benzene rings is 1. The predicted molar refractivity (Wildman–Crippen MR) is 93.0 cm³/mol. The zero-order valence-electron chi connectivity index (χ0n) is 12.1. The van der Waals surface area contributed by atoms with Crippen LogP contribution in [0.15, 0.2) is 34.9 Å². The minimum atomic E-state index is 0.101. The van der Waals surface area contributed by atoms with Crippen molar-refractivity contribution in [3.05, 3.63) is 34.9 Å². The lowest BCUT2D eigenvalue weighted by Gasteiger charge is -2.19. The highest BCUT2D eigenvalue weighted by molar-refractivity contribution is 9.10. The van der Waals surface area contributed by atoms with E-state index < -0.39 is 0 Å². The zero-order valence-corrected chi connectivity index (χ0v) is 14.5. The predicted octanol–water partition coefficient (Wildman–Crippen LogP) is 3.63. The van der Waals surface area contributed by atoms with Gasteiger partial charge in [-0.1, -0.05) is 11.8 Å². The van der Waals surface area contributed by atoms with E-state index in [9.17, 15) is 9.59 Å².